The molecule has 2 aromatic carbocycles. The average molecular weight is 449 g/mol. The van der Waals surface area contributed by atoms with Gasteiger partial charge in [0, 0.05) is 61.5 Å². The van der Waals surface area contributed by atoms with Gasteiger partial charge in [0.05, 0.1) is 0 Å². The summed E-state index contributed by atoms with van der Waals surface area (Å²) in [4.78, 5) is 19.3. The quantitative estimate of drug-likeness (QED) is 0.622. The maximum Gasteiger partial charge on any atom is 0.264 e. The van der Waals surface area contributed by atoms with Crippen molar-refractivity contribution in [2.24, 2.45) is 0 Å². The van der Waals surface area contributed by atoms with E-state index in [1.165, 1.54) is 5.56 Å². The van der Waals surface area contributed by atoms with E-state index in [0.29, 0.717) is 31.1 Å². The Morgan fingerprint density at radius 2 is 1.97 bits per heavy atom. The first-order valence-electron chi connectivity index (χ1n) is 10.9. The van der Waals surface area contributed by atoms with Crippen molar-refractivity contribution < 1.29 is 9.53 Å². The molecule has 0 spiro atoms. The highest BCUT2D eigenvalue weighted by Gasteiger charge is 2.34. The number of amides is 1. The third-order valence-corrected chi connectivity index (χ3v) is 6.11. The zero-order valence-electron chi connectivity index (χ0n) is 17.7. The molecule has 1 fully saturated rings. The summed E-state index contributed by atoms with van der Waals surface area (Å²) in [5.74, 6) is 1.55. The van der Waals surface area contributed by atoms with E-state index in [2.05, 4.69) is 27.8 Å². The van der Waals surface area contributed by atoms with Crippen LogP contribution in [0.25, 0.3) is 11.1 Å². The smallest absolute Gasteiger partial charge is 0.264 e. The van der Waals surface area contributed by atoms with E-state index in [-0.39, 0.29) is 5.91 Å². The molecule has 1 amide bonds. The van der Waals surface area contributed by atoms with E-state index in [0.717, 1.165) is 41.3 Å². The molecule has 1 saturated heterocycles. The van der Waals surface area contributed by atoms with Gasteiger partial charge in [0.15, 0.2) is 6.10 Å². The van der Waals surface area contributed by atoms with Crippen LogP contribution in [0.5, 0.6) is 5.75 Å². The fraction of sp³-hybridized carbons (Fsp3) is 0.280. The molecule has 1 aromatic heterocycles. The normalized spacial score (nSPS) is 17.5. The van der Waals surface area contributed by atoms with Crippen molar-refractivity contribution in [1.82, 2.24) is 15.2 Å². The second-order valence-electron chi connectivity index (χ2n) is 8.10. The molecule has 2 aliphatic heterocycles. The van der Waals surface area contributed by atoms with E-state index < -0.39 is 6.10 Å². The Kier molecular flexibility index (Phi) is 5.97. The van der Waals surface area contributed by atoms with Crippen LogP contribution in [0, 0.1) is 0 Å². The fourth-order valence-corrected chi connectivity index (χ4v) is 4.49. The zero-order chi connectivity index (χ0) is 21.9. The number of piperazine rings is 1. The first-order chi connectivity index (χ1) is 15.7. The van der Waals surface area contributed by atoms with Gasteiger partial charge in [-0.3, -0.25) is 4.79 Å². The Balaban J connectivity index is 1.37. The summed E-state index contributed by atoms with van der Waals surface area (Å²) in [7, 11) is 0. The third kappa shape index (κ3) is 4.42. The fourth-order valence-electron chi connectivity index (χ4n) is 4.25. The number of anilines is 1. The molecule has 0 saturated carbocycles. The van der Waals surface area contributed by atoms with Crippen LogP contribution in [0.15, 0.2) is 60.8 Å². The molecular weight excluding hydrogens is 424 g/mol. The van der Waals surface area contributed by atoms with E-state index in [9.17, 15) is 4.79 Å². The SMILES string of the molecule is O=C([C@H]1Cc2cc(Cl)cc(-c3ccnc(NCc4ccccc4)c3)c2O1)N1CCNCC1. The Labute approximate surface area is 192 Å². The topological polar surface area (TPSA) is 66.5 Å². The minimum absolute atomic E-state index is 0.0460. The number of hydrogen-bond acceptors (Lipinski definition) is 5. The largest absolute Gasteiger partial charge is 0.479 e. The molecule has 164 valence electrons. The Hall–Kier alpha value is -3.09. The highest BCUT2D eigenvalue weighted by atomic mass is 35.5. The van der Waals surface area contributed by atoms with Crippen molar-refractivity contribution in [2.45, 2.75) is 19.1 Å². The molecule has 1 atom stereocenters. The molecule has 5 rings (SSSR count). The molecule has 3 aromatic rings. The predicted molar refractivity (Wildman–Crippen MR) is 126 cm³/mol. The monoisotopic (exact) mass is 448 g/mol. The van der Waals surface area contributed by atoms with Crippen LogP contribution in [-0.2, 0) is 17.8 Å². The molecule has 0 radical (unpaired) electrons. The van der Waals surface area contributed by atoms with Gasteiger partial charge in [-0.1, -0.05) is 41.9 Å². The lowest BCUT2D eigenvalue weighted by molar-refractivity contribution is -0.138. The molecule has 0 unspecified atom stereocenters. The summed E-state index contributed by atoms with van der Waals surface area (Å²) >= 11 is 6.44. The highest BCUT2D eigenvalue weighted by molar-refractivity contribution is 6.31. The number of halogens is 1. The summed E-state index contributed by atoms with van der Waals surface area (Å²) in [6.45, 7) is 3.74. The molecule has 7 heteroatoms. The number of benzene rings is 2. The van der Waals surface area contributed by atoms with Crippen LogP contribution in [0.4, 0.5) is 5.82 Å². The maximum atomic E-state index is 13.0. The number of pyridine rings is 1. The molecule has 0 aliphatic carbocycles. The van der Waals surface area contributed by atoms with Crippen LogP contribution in [0.2, 0.25) is 5.02 Å². The van der Waals surface area contributed by atoms with Crippen molar-refractivity contribution in [3.63, 3.8) is 0 Å². The number of hydrogen-bond donors (Lipinski definition) is 2. The molecule has 0 bridgehead atoms. The van der Waals surface area contributed by atoms with E-state index >= 15 is 0 Å². The van der Waals surface area contributed by atoms with Crippen LogP contribution in [0.3, 0.4) is 0 Å². The molecule has 2 aliphatic rings. The van der Waals surface area contributed by atoms with Gasteiger partial charge in [0.1, 0.15) is 11.6 Å². The van der Waals surface area contributed by atoms with Crippen LogP contribution < -0.4 is 15.4 Å². The predicted octanol–water partition coefficient (Wildman–Crippen LogP) is 3.75. The Bertz CT molecular complexity index is 1120. The first-order valence-corrected chi connectivity index (χ1v) is 11.3. The van der Waals surface area contributed by atoms with Crippen LogP contribution in [-0.4, -0.2) is 48.1 Å². The lowest BCUT2D eigenvalue weighted by atomic mass is 10.0. The highest BCUT2D eigenvalue weighted by Crippen LogP contribution is 2.41. The standard InChI is InChI=1S/C25H25ClN4O2/c26-20-12-19-13-22(25(31)30-10-8-27-9-11-30)32-24(19)21(15-20)18-6-7-28-23(14-18)29-16-17-4-2-1-3-5-17/h1-7,12,14-15,22,27H,8-11,13,16H2,(H,28,29)/t22-/m1/s1. The summed E-state index contributed by atoms with van der Waals surface area (Å²) < 4.78 is 6.22. The van der Waals surface area contributed by atoms with Crippen molar-refractivity contribution in [3.05, 3.63) is 76.9 Å². The minimum atomic E-state index is -0.502. The Morgan fingerprint density at radius 3 is 2.78 bits per heavy atom. The lowest BCUT2D eigenvalue weighted by Crippen LogP contribution is -2.50. The molecule has 2 N–H and O–H groups in total. The maximum absolute atomic E-state index is 13.0. The number of nitrogens with one attached hydrogen (secondary N) is 2. The van der Waals surface area contributed by atoms with Crippen molar-refractivity contribution in [3.8, 4) is 16.9 Å². The number of nitrogens with zero attached hydrogens (tertiary/aromatic N) is 2. The van der Waals surface area contributed by atoms with Gasteiger partial charge in [-0.15, -0.1) is 0 Å². The number of aromatic nitrogens is 1. The summed E-state index contributed by atoms with van der Waals surface area (Å²) in [6, 6.07) is 17.9. The van der Waals surface area contributed by atoms with Crippen LogP contribution in [0.1, 0.15) is 11.1 Å². The number of carbonyl (C=O) groups is 1. The number of ether oxygens (including phenoxy) is 1. The van der Waals surface area contributed by atoms with Crippen molar-refractivity contribution in [1.29, 1.82) is 0 Å². The van der Waals surface area contributed by atoms with Gasteiger partial charge in [-0.2, -0.15) is 0 Å². The lowest BCUT2D eigenvalue weighted by Gasteiger charge is -2.29. The van der Waals surface area contributed by atoms with Gasteiger partial charge >= 0.3 is 0 Å². The van der Waals surface area contributed by atoms with E-state index in [1.54, 1.807) is 6.20 Å². The molecule has 3 heterocycles. The summed E-state index contributed by atoms with van der Waals surface area (Å²) in [6.07, 6.45) is 1.81. The Morgan fingerprint density at radius 1 is 1.16 bits per heavy atom. The summed E-state index contributed by atoms with van der Waals surface area (Å²) in [5, 5.41) is 7.28. The average Bonchev–Trinajstić information content (AvgIpc) is 3.27. The van der Waals surface area contributed by atoms with Crippen molar-refractivity contribution >= 4 is 23.3 Å². The first kappa shape index (κ1) is 20.8. The second-order valence-corrected chi connectivity index (χ2v) is 8.53. The van der Waals surface area contributed by atoms with Crippen LogP contribution >= 0.6 is 11.6 Å². The number of fused-ring (bicyclic) bond motifs is 1. The van der Waals surface area contributed by atoms with Gasteiger partial charge < -0.3 is 20.3 Å². The molecule has 6 nitrogen and oxygen atoms in total. The number of carbonyl (C=O) groups excluding carboxylic acids is 1. The molecular formula is C25H25ClN4O2. The van der Waals surface area contributed by atoms with Crippen molar-refractivity contribution in [2.75, 3.05) is 31.5 Å². The zero-order valence-corrected chi connectivity index (χ0v) is 18.4. The second kappa shape index (κ2) is 9.18. The van der Waals surface area contributed by atoms with Gasteiger partial charge in [-0.05, 0) is 35.4 Å². The summed E-state index contributed by atoms with van der Waals surface area (Å²) in [5.41, 5.74) is 3.98. The minimum Gasteiger partial charge on any atom is -0.479 e. The van der Waals surface area contributed by atoms with E-state index in [4.69, 9.17) is 16.3 Å². The number of rotatable bonds is 5. The van der Waals surface area contributed by atoms with Gasteiger partial charge in [0.2, 0.25) is 0 Å². The van der Waals surface area contributed by atoms with E-state index in [1.807, 2.05) is 47.4 Å². The van der Waals surface area contributed by atoms with Gasteiger partial charge in [0.25, 0.3) is 5.91 Å². The third-order valence-electron chi connectivity index (χ3n) is 5.89. The van der Waals surface area contributed by atoms with Gasteiger partial charge in [-0.25, -0.2) is 4.98 Å². The molecule has 32 heavy (non-hydrogen) atoms.